The van der Waals surface area contributed by atoms with Gasteiger partial charge in [0.05, 0.1) is 16.7 Å². The van der Waals surface area contributed by atoms with E-state index in [-0.39, 0.29) is 0 Å². The second-order valence-electron chi connectivity index (χ2n) is 11.0. The summed E-state index contributed by atoms with van der Waals surface area (Å²) in [6, 6.07) is 21.5. The second kappa shape index (κ2) is 10.8. The maximum Gasteiger partial charge on any atom is 0.205 e. The highest BCUT2D eigenvalue weighted by molar-refractivity contribution is 5.85. The number of aryl methyl sites for hydroxylation is 4. The number of rotatable bonds is 8. The molecule has 3 aromatic heterocycles. The van der Waals surface area contributed by atoms with E-state index in [1.807, 2.05) is 18.2 Å². The molecule has 4 heterocycles. The second-order valence-corrected chi connectivity index (χ2v) is 11.0. The highest BCUT2D eigenvalue weighted by Crippen LogP contribution is 2.32. The fraction of sp³-hybridized carbons (Fsp3) is 0.303. The average Bonchev–Trinajstić information content (AvgIpc) is 3.76. The molecule has 0 saturated heterocycles. The molecule has 0 radical (unpaired) electrons. The molecule has 0 atom stereocenters. The van der Waals surface area contributed by atoms with Gasteiger partial charge in [0.2, 0.25) is 5.82 Å². The zero-order chi connectivity index (χ0) is 27.8. The van der Waals surface area contributed by atoms with Crippen molar-refractivity contribution in [3.8, 4) is 33.8 Å². The van der Waals surface area contributed by atoms with Gasteiger partial charge in [0.15, 0.2) is 0 Å². The standard InChI is InChI=1S/C33H34N8/c1-3-4-11-31-35-32-22(2)18-25(28-21-40-17-8-7-12-30(40)34-28)19-29(32)41(31)20-23-13-15-24(16-14-23)26-9-5-6-10-27(26)33-36-38-39-37-33/h5-6,9-10,13-16,18-19,21H,3-4,7-8,11-12,17,20H2,1-2H3,(H,36,37,38,39). The van der Waals surface area contributed by atoms with Gasteiger partial charge in [-0.1, -0.05) is 61.9 Å². The van der Waals surface area contributed by atoms with Crippen LogP contribution in [-0.4, -0.2) is 39.7 Å². The maximum absolute atomic E-state index is 5.17. The van der Waals surface area contributed by atoms with E-state index in [0.29, 0.717) is 5.82 Å². The van der Waals surface area contributed by atoms with E-state index >= 15 is 0 Å². The number of tetrazole rings is 1. The topological polar surface area (TPSA) is 90.1 Å². The van der Waals surface area contributed by atoms with E-state index in [1.165, 1.54) is 40.9 Å². The Balaban J connectivity index is 1.25. The van der Waals surface area contributed by atoms with Crippen molar-refractivity contribution in [3.05, 3.63) is 89.6 Å². The van der Waals surface area contributed by atoms with Gasteiger partial charge < -0.3 is 9.13 Å². The number of H-pyrrole nitrogens is 1. The number of aromatic amines is 1. The predicted octanol–water partition coefficient (Wildman–Crippen LogP) is 6.78. The van der Waals surface area contributed by atoms with Crippen LogP contribution >= 0.6 is 0 Å². The lowest BCUT2D eigenvalue weighted by molar-refractivity contribution is 0.522. The van der Waals surface area contributed by atoms with Gasteiger partial charge in [-0.05, 0) is 65.8 Å². The van der Waals surface area contributed by atoms with Gasteiger partial charge in [-0.2, -0.15) is 5.21 Å². The summed E-state index contributed by atoms with van der Waals surface area (Å²) >= 11 is 0. The third-order valence-corrected chi connectivity index (χ3v) is 8.20. The monoisotopic (exact) mass is 542 g/mol. The van der Waals surface area contributed by atoms with Gasteiger partial charge in [0, 0.05) is 43.3 Å². The van der Waals surface area contributed by atoms with Crippen LogP contribution in [0.3, 0.4) is 0 Å². The zero-order valence-corrected chi connectivity index (χ0v) is 23.6. The molecule has 0 amide bonds. The number of nitrogens with one attached hydrogen (secondary N) is 1. The number of unbranched alkanes of at least 4 members (excludes halogenated alkanes) is 1. The Labute approximate surface area is 239 Å². The SMILES string of the molecule is CCCCc1nc2c(C)cc(-c3cn4c(n3)CCCC4)cc2n1Cc1ccc(-c2ccccc2-c2nn[nH]n2)cc1. The Kier molecular flexibility index (Phi) is 6.66. The van der Waals surface area contributed by atoms with Crippen LogP contribution in [0.4, 0.5) is 0 Å². The molecule has 0 bridgehead atoms. The molecule has 7 rings (SSSR count). The molecule has 6 aromatic rings. The first-order valence-electron chi connectivity index (χ1n) is 14.7. The van der Waals surface area contributed by atoms with Crippen molar-refractivity contribution >= 4 is 11.0 Å². The van der Waals surface area contributed by atoms with Crippen molar-refractivity contribution < 1.29 is 0 Å². The molecule has 206 valence electrons. The Morgan fingerprint density at radius 2 is 1.78 bits per heavy atom. The smallest absolute Gasteiger partial charge is 0.205 e. The molecule has 41 heavy (non-hydrogen) atoms. The third-order valence-electron chi connectivity index (χ3n) is 8.20. The largest absolute Gasteiger partial charge is 0.334 e. The first-order valence-corrected chi connectivity index (χ1v) is 14.7. The van der Waals surface area contributed by atoms with E-state index in [4.69, 9.17) is 9.97 Å². The van der Waals surface area contributed by atoms with E-state index in [0.717, 1.165) is 72.5 Å². The molecule has 0 saturated carbocycles. The third kappa shape index (κ3) is 4.84. The molecule has 0 unspecified atom stereocenters. The Morgan fingerprint density at radius 1 is 0.927 bits per heavy atom. The van der Waals surface area contributed by atoms with Crippen LogP contribution in [0.25, 0.3) is 44.8 Å². The molecular formula is C33H34N8. The Morgan fingerprint density at radius 3 is 2.56 bits per heavy atom. The number of hydrogen-bond acceptors (Lipinski definition) is 5. The molecular weight excluding hydrogens is 508 g/mol. The molecule has 0 aliphatic carbocycles. The van der Waals surface area contributed by atoms with Gasteiger partial charge in [0.25, 0.3) is 0 Å². The van der Waals surface area contributed by atoms with Crippen LogP contribution in [0.1, 0.15) is 55.4 Å². The normalized spacial score (nSPS) is 13.1. The lowest BCUT2D eigenvalue weighted by Crippen LogP contribution is -2.08. The number of aromatic nitrogens is 8. The Bertz CT molecular complexity index is 1790. The van der Waals surface area contributed by atoms with Crippen LogP contribution in [0.5, 0.6) is 0 Å². The van der Waals surface area contributed by atoms with Crippen molar-refractivity contribution in [2.24, 2.45) is 0 Å². The van der Waals surface area contributed by atoms with Gasteiger partial charge in [-0.15, -0.1) is 10.2 Å². The summed E-state index contributed by atoms with van der Waals surface area (Å²) in [5.74, 6) is 2.96. The van der Waals surface area contributed by atoms with Crippen LogP contribution < -0.4 is 0 Å². The Hall–Kier alpha value is -4.59. The summed E-state index contributed by atoms with van der Waals surface area (Å²) < 4.78 is 4.75. The van der Waals surface area contributed by atoms with Crippen molar-refractivity contribution in [3.63, 3.8) is 0 Å². The summed E-state index contributed by atoms with van der Waals surface area (Å²) in [6.07, 6.45) is 8.99. The molecule has 8 nitrogen and oxygen atoms in total. The molecule has 1 N–H and O–H groups in total. The number of benzene rings is 3. The van der Waals surface area contributed by atoms with Crippen molar-refractivity contribution in [2.75, 3.05) is 0 Å². The minimum Gasteiger partial charge on any atom is -0.334 e. The van der Waals surface area contributed by atoms with Crippen molar-refractivity contribution in [1.29, 1.82) is 0 Å². The summed E-state index contributed by atoms with van der Waals surface area (Å²) in [4.78, 5) is 10.2. The van der Waals surface area contributed by atoms with E-state index in [9.17, 15) is 0 Å². The van der Waals surface area contributed by atoms with Crippen molar-refractivity contribution in [1.82, 2.24) is 39.7 Å². The summed E-state index contributed by atoms with van der Waals surface area (Å²) in [5.41, 5.74) is 10.1. The van der Waals surface area contributed by atoms with Gasteiger partial charge in [-0.3, -0.25) is 0 Å². The van der Waals surface area contributed by atoms with Crippen molar-refractivity contribution in [2.45, 2.75) is 65.5 Å². The lowest BCUT2D eigenvalue weighted by Gasteiger charge is -2.12. The lowest BCUT2D eigenvalue weighted by atomic mass is 9.98. The number of hydrogen-bond donors (Lipinski definition) is 1. The van der Waals surface area contributed by atoms with Crippen LogP contribution in [0.2, 0.25) is 0 Å². The fourth-order valence-corrected chi connectivity index (χ4v) is 6.02. The van der Waals surface area contributed by atoms with Gasteiger partial charge in [0.1, 0.15) is 11.6 Å². The molecule has 0 fully saturated rings. The zero-order valence-electron chi connectivity index (χ0n) is 23.6. The van der Waals surface area contributed by atoms with E-state index in [1.54, 1.807) is 0 Å². The minimum atomic E-state index is 0.597. The summed E-state index contributed by atoms with van der Waals surface area (Å²) in [7, 11) is 0. The quantitative estimate of drug-likeness (QED) is 0.229. The van der Waals surface area contributed by atoms with E-state index < -0.39 is 0 Å². The molecule has 1 aliphatic rings. The first-order chi connectivity index (χ1) is 20.2. The molecule has 8 heteroatoms. The molecule has 0 spiro atoms. The summed E-state index contributed by atoms with van der Waals surface area (Å²) in [5, 5.41) is 14.7. The van der Waals surface area contributed by atoms with Crippen LogP contribution in [-0.2, 0) is 25.9 Å². The van der Waals surface area contributed by atoms with Crippen LogP contribution in [0, 0.1) is 6.92 Å². The van der Waals surface area contributed by atoms with Gasteiger partial charge >= 0.3 is 0 Å². The predicted molar refractivity (Wildman–Crippen MR) is 161 cm³/mol. The minimum absolute atomic E-state index is 0.597. The summed E-state index contributed by atoms with van der Waals surface area (Å²) in [6.45, 7) is 6.25. The highest BCUT2D eigenvalue weighted by atomic mass is 15.5. The number of nitrogens with zero attached hydrogens (tertiary/aromatic N) is 7. The molecule has 1 aliphatic heterocycles. The average molecular weight is 543 g/mol. The number of imidazole rings is 2. The highest BCUT2D eigenvalue weighted by Gasteiger charge is 2.18. The molecule has 3 aromatic carbocycles. The first kappa shape index (κ1) is 25.4. The maximum atomic E-state index is 5.17. The fourth-order valence-electron chi connectivity index (χ4n) is 6.02. The van der Waals surface area contributed by atoms with Crippen LogP contribution in [0.15, 0.2) is 66.9 Å². The van der Waals surface area contributed by atoms with E-state index in [2.05, 4.69) is 92.3 Å². The van der Waals surface area contributed by atoms with Gasteiger partial charge in [-0.25, -0.2) is 9.97 Å². The number of fused-ring (bicyclic) bond motifs is 2.